The minimum Gasteiger partial charge on any atom is -0.433 e. The third-order valence-corrected chi connectivity index (χ3v) is 5.40. The van der Waals surface area contributed by atoms with Crippen LogP contribution in [0, 0.1) is 5.82 Å². The monoisotopic (exact) mass is 470 g/mol. The van der Waals surface area contributed by atoms with Crippen LogP contribution in [-0.4, -0.2) is 33.0 Å². The van der Waals surface area contributed by atoms with Crippen LogP contribution < -0.4 is 10.1 Å². The number of carbonyl (C=O) groups excluding carboxylic acids is 1. The average molecular weight is 470 g/mol. The van der Waals surface area contributed by atoms with Crippen molar-refractivity contribution >= 4 is 23.4 Å². The number of para-hydroxylation sites is 3. The molecular weight excluding hydrogens is 453 g/mol. The van der Waals surface area contributed by atoms with Crippen LogP contribution in [0.4, 0.5) is 18.9 Å². The first-order valence-corrected chi connectivity index (χ1v) is 10.7. The van der Waals surface area contributed by atoms with Gasteiger partial charge in [0.15, 0.2) is 11.0 Å². The molecule has 1 aromatic heterocycles. The Kier molecular flexibility index (Phi) is 6.94. The third kappa shape index (κ3) is 5.35. The highest BCUT2D eigenvalue weighted by Gasteiger charge is 2.20. The van der Waals surface area contributed by atoms with Gasteiger partial charge in [0.1, 0.15) is 11.6 Å². The highest BCUT2D eigenvalue weighted by atomic mass is 32.2. The van der Waals surface area contributed by atoms with Crippen LogP contribution >= 0.6 is 11.8 Å². The average Bonchev–Trinajstić information content (AvgIpc) is 3.23. The van der Waals surface area contributed by atoms with Gasteiger partial charge in [0, 0.05) is 5.69 Å². The Morgan fingerprint density at radius 1 is 0.970 bits per heavy atom. The van der Waals surface area contributed by atoms with E-state index in [1.54, 1.807) is 28.8 Å². The maximum Gasteiger partial charge on any atom is 0.387 e. The number of rotatable bonds is 8. The van der Waals surface area contributed by atoms with Gasteiger partial charge in [-0.05, 0) is 36.4 Å². The van der Waals surface area contributed by atoms with Crippen LogP contribution in [0.5, 0.6) is 5.75 Å². The summed E-state index contributed by atoms with van der Waals surface area (Å²) >= 11 is 1.08. The molecule has 0 unspecified atom stereocenters. The molecule has 0 aliphatic carbocycles. The normalized spacial score (nSPS) is 10.9. The van der Waals surface area contributed by atoms with Gasteiger partial charge in [-0.3, -0.25) is 9.36 Å². The highest BCUT2D eigenvalue weighted by Crippen LogP contribution is 2.30. The van der Waals surface area contributed by atoms with E-state index in [4.69, 9.17) is 0 Å². The molecule has 4 aromatic rings. The van der Waals surface area contributed by atoms with Crippen LogP contribution in [0.25, 0.3) is 17.1 Å². The zero-order valence-corrected chi connectivity index (χ0v) is 17.8. The third-order valence-electron chi connectivity index (χ3n) is 4.47. The van der Waals surface area contributed by atoms with Gasteiger partial charge in [0.05, 0.1) is 17.0 Å². The fourth-order valence-corrected chi connectivity index (χ4v) is 3.83. The molecule has 0 fully saturated rings. The van der Waals surface area contributed by atoms with E-state index in [1.807, 2.05) is 30.3 Å². The van der Waals surface area contributed by atoms with Crippen LogP contribution in [-0.2, 0) is 4.79 Å². The van der Waals surface area contributed by atoms with Crippen LogP contribution in [0.2, 0.25) is 0 Å². The molecule has 6 nitrogen and oxygen atoms in total. The summed E-state index contributed by atoms with van der Waals surface area (Å²) in [5, 5.41) is 11.2. The first-order valence-electron chi connectivity index (χ1n) is 9.75. The van der Waals surface area contributed by atoms with Crippen molar-refractivity contribution in [2.75, 3.05) is 11.1 Å². The maximum absolute atomic E-state index is 14.4. The second-order valence-electron chi connectivity index (χ2n) is 6.67. The summed E-state index contributed by atoms with van der Waals surface area (Å²) in [5.41, 5.74) is 1.09. The number of nitrogens with one attached hydrogen (secondary N) is 1. The van der Waals surface area contributed by atoms with Crippen molar-refractivity contribution in [3.05, 3.63) is 84.7 Å². The topological polar surface area (TPSA) is 69.0 Å². The molecule has 168 valence electrons. The van der Waals surface area contributed by atoms with E-state index in [1.165, 1.54) is 24.3 Å². The van der Waals surface area contributed by atoms with Crippen molar-refractivity contribution in [2.24, 2.45) is 0 Å². The zero-order chi connectivity index (χ0) is 23.2. The Hall–Kier alpha value is -3.79. The molecule has 0 radical (unpaired) electrons. The SMILES string of the molecule is O=C(CSc1nnc(-c2ccccc2F)n1-c1ccccc1)Nc1ccccc1OC(F)F. The van der Waals surface area contributed by atoms with Crippen molar-refractivity contribution in [1.82, 2.24) is 14.8 Å². The molecule has 0 bridgehead atoms. The van der Waals surface area contributed by atoms with Crippen molar-refractivity contribution in [3.8, 4) is 22.8 Å². The molecule has 4 rings (SSSR count). The number of benzene rings is 3. The summed E-state index contributed by atoms with van der Waals surface area (Å²) in [4.78, 5) is 12.5. The highest BCUT2D eigenvalue weighted by molar-refractivity contribution is 7.99. The number of amides is 1. The maximum atomic E-state index is 14.4. The number of anilines is 1. The molecule has 0 saturated carbocycles. The lowest BCUT2D eigenvalue weighted by Crippen LogP contribution is -2.16. The summed E-state index contributed by atoms with van der Waals surface area (Å²) in [6, 6.07) is 21.2. The minimum atomic E-state index is -3.02. The largest absolute Gasteiger partial charge is 0.433 e. The Bertz CT molecular complexity index is 1250. The minimum absolute atomic E-state index is 0.0920. The van der Waals surface area contributed by atoms with Gasteiger partial charge in [0.2, 0.25) is 5.91 Å². The van der Waals surface area contributed by atoms with E-state index in [0.717, 1.165) is 11.8 Å². The van der Waals surface area contributed by atoms with E-state index in [0.29, 0.717) is 10.8 Å². The first-order chi connectivity index (χ1) is 16.0. The second-order valence-corrected chi connectivity index (χ2v) is 7.61. The number of ether oxygens (including phenoxy) is 1. The molecule has 0 aliphatic rings. The quantitative estimate of drug-likeness (QED) is 0.349. The molecule has 0 saturated heterocycles. The van der Waals surface area contributed by atoms with E-state index < -0.39 is 18.3 Å². The van der Waals surface area contributed by atoms with Crippen LogP contribution in [0.15, 0.2) is 84.0 Å². The molecule has 0 atom stereocenters. The number of carbonyl (C=O) groups is 1. The lowest BCUT2D eigenvalue weighted by atomic mass is 10.2. The molecule has 0 aliphatic heterocycles. The molecule has 0 spiro atoms. The van der Waals surface area contributed by atoms with E-state index >= 15 is 0 Å². The summed E-state index contributed by atoms with van der Waals surface area (Å²) in [7, 11) is 0. The Morgan fingerprint density at radius 3 is 2.42 bits per heavy atom. The predicted octanol–water partition coefficient (Wildman–Crippen LogP) is 5.41. The van der Waals surface area contributed by atoms with Gasteiger partial charge in [-0.25, -0.2) is 4.39 Å². The molecule has 1 heterocycles. The lowest BCUT2D eigenvalue weighted by molar-refractivity contribution is -0.113. The van der Waals surface area contributed by atoms with Gasteiger partial charge >= 0.3 is 6.61 Å². The van der Waals surface area contributed by atoms with E-state index in [2.05, 4.69) is 20.3 Å². The smallest absolute Gasteiger partial charge is 0.387 e. The van der Waals surface area contributed by atoms with E-state index in [9.17, 15) is 18.0 Å². The van der Waals surface area contributed by atoms with Gasteiger partial charge in [-0.15, -0.1) is 10.2 Å². The number of alkyl halides is 2. The van der Waals surface area contributed by atoms with Crippen molar-refractivity contribution in [1.29, 1.82) is 0 Å². The first kappa shape index (κ1) is 22.4. The number of hydrogen-bond acceptors (Lipinski definition) is 5. The number of halogens is 3. The molecule has 1 amide bonds. The Labute approximate surface area is 191 Å². The molecule has 1 N–H and O–H groups in total. The zero-order valence-electron chi connectivity index (χ0n) is 17.0. The van der Waals surface area contributed by atoms with Gasteiger partial charge in [-0.1, -0.05) is 54.2 Å². The van der Waals surface area contributed by atoms with Crippen molar-refractivity contribution < 1.29 is 22.7 Å². The standard InChI is InChI=1S/C23H17F3N4O2S/c24-17-11-5-4-10-16(17)21-28-29-23(30(21)15-8-2-1-3-9-15)33-14-20(31)27-18-12-6-7-13-19(18)32-22(25)26/h1-13,22H,14H2,(H,27,31). The molecule has 33 heavy (non-hydrogen) atoms. The van der Waals surface area contributed by atoms with Gasteiger partial charge < -0.3 is 10.1 Å². The lowest BCUT2D eigenvalue weighted by Gasteiger charge is -2.12. The summed E-state index contributed by atoms with van der Waals surface area (Å²) < 4.78 is 45.7. The number of aromatic nitrogens is 3. The summed E-state index contributed by atoms with van der Waals surface area (Å²) in [6.07, 6.45) is 0. The second kappa shape index (κ2) is 10.2. The van der Waals surface area contributed by atoms with E-state index in [-0.39, 0.29) is 28.6 Å². The van der Waals surface area contributed by atoms with Crippen LogP contribution in [0.3, 0.4) is 0 Å². The number of nitrogens with zero attached hydrogens (tertiary/aromatic N) is 3. The summed E-state index contributed by atoms with van der Waals surface area (Å²) in [5.74, 6) is -0.851. The van der Waals surface area contributed by atoms with Gasteiger partial charge in [0.25, 0.3) is 0 Å². The number of hydrogen-bond donors (Lipinski definition) is 1. The predicted molar refractivity (Wildman–Crippen MR) is 119 cm³/mol. The molecular formula is C23H17F3N4O2S. The molecule has 3 aromatic carbocycles. The van der Waals surface area contributed by atoms with Gasteiger partial charge in [-0.2, -0.15) is 8.78 Å². The fraction of sp³-hybridized carbons (Fsp3) is 0.0870. The molecule has 10 heteroatoms. The Balaban J connectivity index is 1.57. The summed E-state index contributed by atoms with van der Waals surface area (Å²) in [6.45, 7) is -3.02. The number of thioether (sulfide) groups is 1. The van der Waals surface area contributed by atoms with Crippen molar-refractivity contribution in [2.45, 2.75) is 11.8 Å². The Morgan fingerprint density at radius 2 is 1.67 bits per heavy atom. The van der Waals surface area contributed by atoms with Crippen molar-refractivity contribution in [3.63, 3.8) is 0 Å². The van der Waals surface area contributed by atoms with Crippen LogP contribution in [0.1, 0.15) is 0 Å². The fourth-order valence-electron chi connectivity index (χ4n) is 3.08.